The summed E-state index contributed by atoms with van der Waals surface area (Å²) in [4.78, 5) is 16.9. The monoisotopic (exact) mass is 210 g/mol. The van der Waals surface area contributed by atoms with E-state index >= 15 is 0 Å². The van der Waals surface area contributed by atoms with Crippen molar-refractivity contribution in [1.29, 1.82) is 0 Å². The lowest BCUT2D eigenvalue weighted by atomic mass is 10.4. The number of thiocarbonyl (C=S) groups is 1. The zero-order valence-electron chi connectivity index (χ0n) is 6.64. The fraction of sp³-hybridized carbons (Fsp3) is 0.125. The van der Waals surface area contributed by atoms with Gasteiger partial charge in [-0.05, 0) is 12.1 Å². The summed E-state index contributed by atoms with van der Waals surface area (Å²) in [6.07, 6.45) is 1.65. The molecule has 1 aromatic heterocycles. The van der Waals surface area contributed by atoms with E-state index in [2.05, 4.69) is 4.98 Å². The molecule has 1 aromatic rings. The lowest BCUT2D eigenvalue weighted by Gasteiger charge is -2.12. The van der Waals surface area contributed by atoms with E-state index in [9.17, 15) is 4.79 Å². The largest absolute Gasteiger partial charge is 0.273 e. The van der Waals surface area contributed by atoms with Crippen LogP contribution in [0.1, 0.15) is 0 Å². The molecule has 1 amide bonds. The Morgan fingerprint density at radius 2 is 2.38 bits per heavy atom. The minimum absolute atomic E-state index is 0.00806. The molecule has 1 aliphatic rings. The molecule has 1 aliphatic heterocycles. The van der Waals surface area contributed by atoms with Crippen molar-refractivity contribution >= 4 is 40.0 Å². The number of anilines is 1. The van der Waals surface area contributed by atoms with Crippen LogP contribution in [0.4, 0.5) is 5.82 Å². The van der Waals surface area contributed by atoms with Crippen LogP contribution >= 0.6 is 24.0 Å². The van der Waals surface area contributed by atoms with Crippen LogP contribution in [0.25, 0.3) is 0 Å². The van der Waals surface area contributed by atoms with E-state index < -0.39 is 0 Å². The van der Waals surface area contributed by atoms with Crippen molar-refractivity contribution in [2.45, 2.75) is 0 Å². The first-order valence-corrected chi connectivity index (χ1v) is 5.09. The van der Waals surface area contributed by atoms with Gasteiger partial charge in [0.25, 0.3) is 0 Å². The van der Waals surface area contributed by atoms with Gasteiger partial charge >= 0.3 is 0 Å². The number of carbonyl (C=O) groups excluding carboxylic acids is 1. The van der Waals surface area contributed by atoms with Crippen LogP contribution in [0, 0.1) is 0 Å². The number of hydrogen-bond donors (Lipinski definition) is 0. The van der Waals surface area contributed by atoms with Crippen molar-refractivity contribution in [2.24, 2.45) is 0 Å². The van der Waals surface area contributed by atoms with Gasteiger partial charge in [-0.3, -0.25) is 4.79 Å². The molecule has 0 saturated carbocycles. The second-order valence-electron chi connectivity index (χ2n) is 2.47. The first kappa shape index (κ1) is 8.65. The third kappa shape index (κ3) is 1.57. The molecule has 1 fully saturated rings. The van der Waals surface area contributed by atoms with Crippen LogP contribution in [-0.2, 0) is 4.79 Å². The quantitative estimate of drug-likeness (QED) is 0.657. The Morgan fingerprint density at radius 1 is 1.54 bits per heavy atom. The predicted molar refractivity (Wildman–Crippen MR) is 56.8 cm³/mol. The smallest absolute Gasteiger partial charge is 0.244 e. The highest BCUT2D eigenvalue weighted by Crippen LogP contribution is 2.24. The van der Waals surface area contributed by atoms with Crippen LogP contribution in [0.2, 0.25) is 0 Å². The van der Waals surface area contributed by atoms with E-state index in [1.807, 2.05) is 6.07 Å². The van der Waals surface area contributed by atoms with Gasteiger partial charge in [0.2, 0.25) is 5.91 Å². The fourth-order valence-corrected chi connectivity index (χ4v) is 2.13. The molecule has 66 valence electrons. The molecule has 0 radical (unpaired) electrons. The van der Waals surface area contributed by atoms with Gasteiger partial charge in [0.05, 0.1) is 5.75 Å². The van der Waals surface area contributed by atoms with E-state index in [0.717, 1.165) is 0 Å². The van der Waals surface area contributed by atoms with Gasteiger partial charge in [-0.25, -0.2) is 9.88 Å². The number of rotatable bonds is 1. The van der Waals surface area contributed by atoms with Gasteiger partial charge in [0, 0.05) is 6.20 Å². The van der Waals surface area contributed by atoms with Gasteiger partial charge in [0.1, 0.15) is 10.1 Å². The molecular formula is C8H6N2OS2. The van der Waals surface area contributed by atoms with Gasteiger partial charge < -0.3 is 0 Å². The third-order valence-corrected chi connectivity index (χ3v) is 2.99. The van der Waals surface area contributed by atoms with Crippen LogP contribution in [0.15, 0.2) is 24.4 Å². The number of carbonyl (C=O) groups is 1. The summed E-state index contributed by atoms with van der Waals surface area (Å²) in [7, 11) is 0. The Kier molecular flexibility index (Phi) is 2.28. The van der Waals surface area contributed by atoms with Crippen molar-refractivity contribution < 1.29 is 4.79 Å². The minimum Gasteiger partial charge on any atom is -0.273 e. The summed E-state index contributed by atoms with van der Waals surface area (Å²) in [6, 6.07) is 5.41. The molecule has 0 bridgehead atoms. The summed E-state index contributed by atoms with van der Waals surface area (Å²) in [5, 5.41) is 0. The van der Waals surface area contributed by atoms with Crippen LogP contribution in [0.3, 0.4) is 0 Å². The highest BCUT2D eigenvalue weighted by atomic mass is 32.2. The van der Waals surface area contributed by atoms with Crippen LogP contribution < -0.4 is 4.90 Å². The standard InChI is InChI=1S/C8H6N2OS2/c11-7-5-13-8(12)10(7)6-3-1-2-4-9-6/h1-4H,5H2. The van der Waals surface area contributed by atoms with E-state index in [-0.39, 0.29) is 5.91 Å². The number of nitrogens with zero attached hydrogens (tertiary/aromatic N) is 2. The molecular weight excluding hydrogens is 204 g/mol. The topological polar surface area (TPSA) is 33.2 Å². The highest BCUT2D eigenvalue weighted by molar-refractivity contribution is 8.24. The normalized spacial score (nSPS) is 16.8. The lowest BCUT2D eigenvalue weighted by Crippen LogP contribution is -2.28. The summed E-state index contributed by atoms with van der Waals surface area (Å²) in [5.74, 6) is 1.05. The van der Waals surface area contributed by atoms with Gasteiger partial charge in [0.15, 0.2) is 0 Å². The third-order valence-electron chi connectivity index (χ3n) is 1.63. The first-order valence-electron chi connectivity index (χ1n) is 3.70. The highest BCUT2D eigenvalue weighted by Gasteiger charge is 2.28. The van der Waals surface area contributed by atoms with Crippen molar-refractivity contribution in [3.05, 3.63) is 24.4 Å². The molecule has 3 nitrogen and oxygen atoms in total. The van der Waals surface area contributed by atoms with Crippen molar-refractivity contribution in [3.8, 4) is 0 Å². The molecule has 1 saturated heterocycles. The summed E-state index contributed by atoms with van der Waals surface area (Å²) in [6.45, 7) is 0. The minimum atomic E-state index is 0.00806. The van der Waals surface area contributed by atoms with Crippen molar-refractivity contribution in [1.82, 2.24) is 4.98 Å². The second kappa shape index (κ2) is 3.43. The molecule has 2 heterocycles. The number of amides is 1. The number of hydrogen-bond acceptors (Lipinski definition) is 4. The van der Waals surface area contributed by atoms with E-state index in [0.29, 0.717) is 15.9 Å². The summed E-state index contributed by atoms with van der Waals surface area (Å²) >= 11 is 6.40. The maximum atomic E-state index is 11.4. The van der Waals surface area contributed by atoms with Crippen molar-refractivity contribution in [2.75, 3.05) is 10.7 Å². The molecule has 5 heteroatoms. The zero-order valence-corrected chi connectivity index (χ0v) is 8.27. The van der Waals surface area contributed by atoms with Gasteiger partial charge in [-0.15, -0.1) is 0 Å². The Bertz CT molecular complexity index is 336. The Labute approximate surface area is 85.1 Å². The first-order chi connectivity index (χ1) is 6.29. The molecule has 13 heavy (non-hydrogen) atoms. The van der Waals surface area contributed by atoms with Crippen LogP contribution in [0.5, 0.6) is 0 Å². The predicted octanol–water partition coefficient (Wildman–Crippen LogP) is 1.45. The van der Waals surface area contributed by atoms with E-state index in [1.54, 1.807) is 18.3 Å². The molecule has 0 atom stereocenters. The Morgan fingerprint density at radius 3 is 2.92 bits per heavy atom. The molecule has 2 rings (SSSR count). The average Bonchev–Trinajstić information content (AvgIpc) is 2.48. The Hall–Kier alpha value is -0.940. The number of thioether (sulfide) groups is 1. The summed E-state index contributed by atoms with van der Waals surface area (Å²) < 4.78 is 0.587. The van der Waals surface area contributed by atoms with Gasteiger partial charge in [-0.1, -0.05) is 30.0 Å². The second-order valence-corrected chi connectivity index (χ2v) is 4.08. The average molecular weight is 210 g/mol. The molecule has 0 spiro atoms. The Balaban J connectivity index is 2.36. The lowest BCUT2D eigenvalue weighted by molar-refractivity contribution is -0.115. The number of aromatic nitrogens is 1. The van der Waals surface area contributed by atoms with Gasteiger partial charge in [-0.2, -0.15) is 0 Å². The van der Waals surface area contributed by atoms with E-state index in [1.165, 1.54) is 16.7 Å². The molecule has 0 aromatic carbocycles. The van der Waals surface area contributed by atoms with E-state index in [4.69, 9.17) is 12.2 Å². The molecule has 0 unspecified atom stereocenters. The maximum Gasteiger partial charge on any atom is 0.244 e. The maximum absolute atomic E-state index is 11.4. The summed E-state index contributed by atoms with van der Waals surface area (Å²) in [5.41, 5.74) is 0. The SMILES string of the molecule is O=C1CSC(=S)N1c1ccccn1. The zero-order chi connectivity index (χ0) is 9.26. The van der Waals surface area contributed by atoms with Crippen LogP contribution in [-0.4, -0.2) is 21.0 Å². The molecule has 0 N–H and O–H groups in total. The molecule has 0 aliphatic carbocycles. The number of pyridine rings is 1. The fourth-order valence-electron chi connectivity index (χ4n) is 1.06. The van der Waals surface area contributed by atoms with Crippen molar-refractivity contribution in [3.63, 3.8) is 0 Å².